The van der Waals surface area contributed by atoms with Crippen molar-refractivity contribution in [3.05, 3.63) is 0 Å². The topological polar surface area (TPSA) is 24.5 Å². The van der Waals surface area contributed by atoms with E-state index in [4.69, 9.17) is 4.74 Å². The normalized spacial score (nSPS) is 37.9. The second-order valence-corrected chi connectivity index (χ2v) is 7.38. The van der Waals surface area contributed by atoms with Crippen molar-refractivity contribution < 1.29 is 4.74 Å². The molecule has 0 aromatic carbocycles. The molecule has 2 aliphatic rings. The molecule has 0 spiro atoms. The fourth-order valence-electron chi connectivity index (χ4n) is 4.43. The van der Waals surface area contributed by atoms with Gasteiger partial charge in [0, 0.05) is 24.5 Å². The van der Waals surface area contributed by atoms with Crippen LogP contribution < -0.4 is 5.32 Å². The first-order chi connectivity index (χ1) is 8.81. The lowest BCUT2D eigenvalue weighted by molar-refractivity contribution is -0.0796. The lowest BCUT2D eigenvalue weighted by atomic mass is 9.82. The monoisotopic (exact) mass is 268 g/mol. The van der Waals surface area contributed by atoms with Gasteiger partial charge in [0.05, 0.1) is 11.2 Å². The maximum absolute atomic E-state index is 6.34. The molecule has 3 nitrogen and oxygen atoms in total. The first kappa shape index (κ1) is 15.3. The van der Waals surface area contributed by atoms with Crippen LogP contribution in [0.3, 0.4) is 0 Å². The standard InChI is InChI=1S/C16H32N2O/c1-7-12-9-8-10-18(12)11-13-14(17-6)16(4,5)19-15(13,2)3/h12-14,17H,7-11H2,1-6H3. The molecule has 0 saturated carbocycles. The van der Waals surface area contributed by atoms with Gasteiger partial charge in [-0.1, -0.05) is 6.92 Å². The molecular weight excluding hydrogens is 236 g/mol. The van der Waals surface area contributed by atoms with E-state index in [-0.39, 0.29) is 11.2 Å². The Kier molecular flexibility index (Phi) is 4.29. The van der Waals surface area contributed by atoms with Crippen molar-refractivity contribution in [1.29, 1.82) is 0 Å². The zero-order valence-corrected chi connectivity index (χ0v) is 13.6. The van der Waals surface area contributed by atoms with Crippen LogP contribution in [0.5, 0.6) is 0 Å². The van der Waals surface area contributed by atoms with Gasteiger partial charge in [-0.3, -0.25) is 4.90 Å². The van der Waals surface area contributed by atoms with E-state index in [9.17, 15) is 0 Å². The van der Waals surface area contributed by atoms with Crippen molar-refractivity contribution in [1.82, 2.24) is 10.2 Å². The molecule has 0 aromatic rings. The van der Waals surface area contributed by atoms with Gasteiger partial charge in [0.15, 0.2) is 0 Å². The molecule has 2 saturated heterocycles. The highest BCUT2D eigenvalue weighted by molar-refractivity contribution is 5.06. The van der Waals surface area contributed by atoms with Crippen molar-refractivity contribution in [3.63, 3.8) is 0 Å². The third-order valence-electron chi connectivity index (χ3n) is 5.28. The number of hydrogen-bond donors (Lipinski definition) is 1. The molecule has 0 aliphatic carbocycles. The van der Waals surface area contributed by atoms with Gasteiger partial charge in [0.2, 0.25) is 0 Å². The van der Waals surface area contributed by atoms with E-state index in [1.165, 1.54) is 32.4 Å². The highest BCUT2D eigenvalue weighted by atomic mass is 16.5. The molecule has 2 heterocycles. The second-order valence-electron chi connectivity index (χ2n) is 7.38. The molecule has 112 valence electrons. The third-order valence-corrected chi connectivity index (χ3v) is 5.28. The third kappa shape index (κ3) is 2.84. The van der Waals surface area contributed by atoms with Gasteiger partial charge < -0.3 is 10.1 Å². The molecule has 0 bridgehead atoms. The quantitative estimate of drug-likeness (QED) is 0.848. The summed E-state index contributed by atoms with van der Waals surface area (Å²) < 4.78 is 6.34. The molecule has 0 amide bonds. The van der Waals surface area contributed by atoms with Gasteiger partial charge in [-0.05, 0) is 60.5 Å². The van der Waals surface area contributed by atoms with Crippen LogP contribution >= 0.6 is 0 Å². The van der Waals surface area contributed by atoms with Crippen molar-refractivity contribution in [2.75, 3.05) is 20.1 Å². The predicted molar refractivity (Wildman–Crippen MR) is 80.5 cm³/mol. The van der Waals surface area contributed by atoms with Crippen LogP contribution in [0.25, 0.3) is 0 Å². The first-order valence-electron chi connectivity index (χ1n) is 7.93. The smallest absolute Gasteiger partial charge is 0.0790 e. The van der Waals surface area contributed by atoms with Crippen LogP contribution in [-0.2, 0) is 4.74 Å². The number of nitrogens with zero attached hydrogens (tertiary/aromatic N) is 1. The Bertz CT molecular complexity index is 314. The van der Waals surface area contributed by atoms with Crippen molar-refractivity contribution >= 4 is 0 Å². The summed E-state index contributed by atoms with van der Waals surface area (Å²) in [4.78, 5) is 2.70. The number of likely N-dealkylation sites (N-methyl/N-ethyl adjacent to an activating group) is 1. The molecule has 1 N–H and O–H groups in total. The average Bonchev–Trinajstić information content (AvgIpc) is 2.80. The summed E-state index contributed by atoms with van der Waals surface area (Å²) in [6, 6.07) is 1.22. The molecule has 0 radical (unpaired) electrons. The van der Waals surface area contributed by atoms with Crippen LogP contribution in [-0.4, -0.2) is 48.3 Å². The lowest BCUT2D eigenvalue weighted by Gasteiger charge is -2.35. The predicted octanol–water partition coefficient (Wildman–Crippen LogP) is 2.65. The van der Waals surface area contributed by atoms with Gasteiger partial charge in [-0.2, -0.15) is 0 Å². The maximum Gasteiger partial charge on any atom is 0.0790 e. The van der Waals surface area contributed by atoms with E-state index < -0.39 is 0 Å². The summed E-state index contributed by atoms with van der Waals surface area (Å²) >= 11 is 0. The Hall–Kier alpha value is -0.120. The number of rotatable bonds is 4. The molecule has 0 aromatic heterocycles. The number of nitrogens with one attached hydrogen (secondary N) is 1. The van der Waals surface area contributed by atoms with Gasteiger partial charge in [-0.15, -0.1) is 0 Å². The van der Waals surface area contributed by atoms with Crippen LogP contribution in [0.4, 0.5) is 0 Å². The van der Waals surface area contributed by atoms with Crippen molar-refractivity contribution in [2.45, 2.75) is 77.2 Å². The maximum atomic E-state index is 6.34. The van der Waals surface area contributed by atoms with Gasteiger partial charge >= 0.3 is 0 Å². The second kappa shape index (κ2) is 5.34. The average molecular weight is 268 g/mol. The zero-order chi connectivity index (χ0) is 14.3. The van der Waals surface area contributed by atoms with Crippen LogP contribution in [0, 0.1) is 5.92 Å². The Morgan fingerprint density at radius 1 is 1.21 bits per heavy atom. The number of hydrogen-bond acceptors (Lipinski definition) is 3. The summed E-state index contributed by atoms with van der Waals surface area (Å²) in [5.74, 6) is 0.555. The lowest BCUT2D eigenvalue weighted by Crippen LogP contribution is -2.50. The van der Waals surface area contributed by atoms with Crippen LogP contribution in [0.2, 0.25) is 0 Å². The summed E-state index contributed by atoms with van der Waals surface area (Å²) in [6.07, 6.45) is 4.01. The fourth-order valence-corrected chi connectivity index (χ4v) is 4.43. The van der Waals surface area contributed by atoms with E-state index in [0.717, 1.165) is 6.04 Å². The zero-order valence-electron chi connectivity index (χ0n) is 13.6. The largest absolute Gasteiger partial charge is 0.368 e. The van der Waals surface area contributed by atoms with E-state index >= 15 is 0 Å². The Balaban J connectivity index is 2.12. The Morgan fingerprint density at radius 2 is 1.89 bits per heavy atom. The SMILES string of the molecule is CCC1CCCN1CC1C(NC)C(C)(C)OC1(C)C. The first-order valence-corrected chi connectivity index (χ1v) is 7.93. The fraction of sp³-hybridized carbons (Fsp3) is 1.00. The van der Waals surface area contributed by atoms with Crippen LogP contribution in [0.15, 0.2) is 0 Å². The molecule has 3 heteroatoms. The van der Waals surface area contributed by atoms with E-state index in [2.05, 4.69) is 51.9 Å². The van der Waals surface area contributed by atoms with Crippen LogP contribution in [0.1, 0.15) is 53.9 Å². The van der Waals surface area contributed by atoms with Crippen molar-refractivity contribution in [3.8, 4) is 0 Å². The molecule has 19 heavy (non-hydrogen) atoms. The highest BCUT2D eigenvalue weighted by Crippen LogP contribution is 2.43. The molecule has 3 atom stereocenters. The van der Waals surface area contributed by atoms with Gasteiger partial charge in [-0.25, -0.2) is 0 Å². The number of likely N-dealkylation sites (tertiary alicyclic amines) is 1. The molecule has 2 fully saturated rings. The summed E-state index contributed by atoms with van der Waals surface area (Å²) in [5, 5.41) is 3.52. The summed E-state index contributed by atoms with van der Waals surface area (Å²) in [5.41, 5.74) is -0.123. The van der Waals surface area contributed by atoms with E-state index in [1.807, 2.05) is 0 Å². The molecule has 3 unspecified atom stereocenters. The van der Waals surface area contributed by atoms with E-state index in [0.29, 0.717) is 12.0 Å². The van der Waals surface area contributed by atoms with Gasteiger partial charge in [0.25, 0.3) is 0 Å². The van der Waals surface area contributed by atoms with E-state index in [1.54, 1.807) is 0 Å². The summed E-state index contributed by atoms with van der Waals surface area (Å²) in [6.45, 7) is 13.7. The Morgan fingerprint density at radius 3 is 2.47 bits per heavy atom. The molecule has 2 aliphatic heterocycles. The molecule has 2 rings (SSSR count). The van der Waals surface area contributed by atoms with Crippen molar-refractivity contribution in [2.24, 2.45) is 5.92 Å². The Labute approximate surface area is 119 Å². The number of ether oxygens (including phenoxy) is 1. The minimum absolute atomic E-state index is 0.0436. The molecular formula is C16H32N2O. The minimum Gasteiger partial charge on any atom is -0.368 e. The summed E-state index contributed by atoms with van der Waals surface area (Å²) in [7, 11) is 2.07. The van der Waals surface area contributed by atoms with Gasteiger partial charge in [0.1, 0.15) is 0 Å². The highest BCUT2D eigenvalue weighted by Gasteiger charge is 2.53. The minimum atomic E-state index is -0.0790.